The van der Waals surface area contributed by atoms with Crippen LogP contribution in [0.5, 0.6) is 0 Å². The number of nitriles is 1. The Kier molecular flexibility index (Phi) is 4.12. The van der Waals surface area contributed by atoms with Crippen LogP contribution >= 0.6 is 0 Å². The SMILES string of the molecule is CN(C)/C(=C\C=C(\C#N)C(N)=O)c1ccco1. The molecular weight excluding hydrogens is 218 g/mol. The zero-order valence-corrected chi connectivity index (χ0v) is 9.68. The molecule has 1 heterocycles. The van der Waals surface area contributed by atoms with E-state index in [1.165, 1.54) is 6.08 Å². The highest BCUT2D eigenvalue weighted by molar-refractivity contribution is 5.96. The molecule has 1 aromatic rings. The maximum absolute atomic E-state index is 10.9. The van der Waals surface area contributed by atoms with Gasteiger partial charge in [0.1, 0.15) is 17.4 Å². The van der Waals surface area contributed by atoms with E-state index >= 15 is 0 Å². The van der Waals surface area contributed by atoms with Gasteiger partial charge in [-0.25, -0.2) is 0 Å². The molecule has 0 radical (unpaired) electrons. The fourth-order valence-electron chi connectivity index (χ4n) is 1.21. The molecule has 0 unspecified atom stereocenters. The first-order chi connectivity index (χ1) is 8.06. The molecule has 2 N–H and O–H groups in total. The van der Waals surface area contributed by atoms with Gasteiger partial charge in [0.15, 0.2) is 0 Å². The molecule has 0 aliphatic heterocycles. The van der Waals surface area contributed by atoms with Crippen molar-refractivity contribution in [1.29, 1.82) is 5.26 Å². The molecule has 5 heteroatoms. The standard InChI is InChI=1S/C12H13N3O2/c1-15(2)10(11-4-3-7-17-11)6-5-9(8-13)12(14)16/h3-7H,1-2H3,(H2,14,16)/b9-5-,10-6-. The van der Waals surface area contributed by atoms with Gasteiger partial charge in [-0.2, -0.15) is 5.26 Å². The first-order valence-electron chi connectivity index (χ1n) is 4.89. The van der Waals surface area contributed by atoms with Gasteiger partial charge in [0.05, 0.1) is 12.0 Å². The average molecular weight is 231 g/mol. The molecule has 88 valence electrons. The third-order valence-electron chi connectivity index (χ3n) is 2.05. The molecule has 0 spiro atoms. The Labute approximate surface area is 99.4 Å². The van der Waals surface area contributed by atoms with Crippen molar-refractivity contribution in [3.8, 4) is 6.07 Å². The van der Waals surface area contributed by atoms with Crippen molar-refractivity contribution in [2.45, 2.75) is 0 Å². The Morgan fingerprint density at radius 3 is 2.65 bits per heavy atom. The van der Waals surface area contributed by atoms with Gasteiger partial charge in [-0.1, -0.05) is 0 Å². The van der Waals surface area contributed by atoms with Gasteiger partial charge in [0.2, 0.25) is 0 Å². The molecule has 0 saturated heterocycles. The average Bonchev–Trinajstić information content (AvgIpc) is 2.76. The Hall–Kier alpha value is -2.48. The molecular formula is C12H13N3O2. The summed E-state index contributed by atoms with van der Waals surface area (Å²) in [4.78, 5) is 12.7. The monoisotopic (exact) mass is 231 g/mol. The maximum atomic E-state index is 10.9. The second-order valence-corrected chi connectivity index (χ2v) is 3.48. The predicted octanol–water partition coefficient (Wildman–Crippen LogP) is 1.12. The zero-order chi connectivity index (χ0) is 12.8. The highest BCUT2D eigenvalue weighted by Gasteiger charge is 2.07. The normalized spacial score (nSPS) is 12.1. The number of allylic oxidation sites excluding steroid dienone is 2. The third-order valence-corrected chi connectivity index (χ3v) is 2.05. The van der Waals surface area contributed by atoms with E-state index in [-0.39, 0.29) is 5.57 Å². The van der Waals surface area contributed by atoms with Crippen molar-refractivity contribution in [2.24, 2.45) is 5.73 Å². The van der Waals surface area contributed by atoms with Crippen molar-refractivity contribution >= 4 is 11.6 Å². The van der Waals surface area contributed by atoms with Crippen LogP contribution in [0.2, 0.25) is 0 Å². The van der Waals surface area contributed by atoms with E-state index in [9.17, 15) is 4.79 Å². The summed E-state index contributed by atoms with van der Waals surface area (Å²) in [6.07, 6.45) is 4.54. The van der Waals surface area contributed by atoms with Gasteiger partial charge in [-0.15, -0.1) is 0 Å². The summed E-state index contributed by atoms with van der Waals surface area (Å²) in [5.41, 5.74) is 5.67. The van der Waals surface area contributed by atoms with E-state index in [1.807, 2.05) is 19.0 Å². The minimum atomic E-state index is -0.749. The number of rotatable bonds is 4. The van der Waals surface area contributed by atoms with Gasteiger partial charge >= 0.3 is 0 Å². The van der Waals surface area contributed by atoms with Gasteiger partial charge in [-0.3, -0.25) is 4.79 Å². The van der Waals surface area contributed by atoms with Crippen LogP contribution < -0.4 is 5.73 Å². The number of nitrogens with two attached hydrogens (primary N) is 1. The summed E-state index contributed by atoms with van der Waals surface area (Å²) in [6, 6.07) is 5.28. The molecule has 5 nitrogen and oxygen atoms in total. The van der Waals surface area contributed by atoms with Crippen molar-refractivity contribution in [3.63, 3.8) is 0 Å². The molecule has 17 heavy (non-hydrogen) atoms. The van der Waals surface area contributed by atoms with Crippen LogP contribution in [0.15, 0.2) is 40.5 Å². The Balaban J connectivity index is 3.10. The lowest BCUT2D eigenvalue weighted by molar-refractivity contribution is -0.114. The minimum absolute atomic E-state index is 0.101. The first kappa shape index (κ1) is 12.6. The maximum Gasteiger partial charge on any atom is 0.259 e. The fraction of sp³-hybridized carbons (Fsp3) is 0.167. The smallest absolute Gasteiger partial charge is 0.259 e. The largest absolute Gasteiger partial charge is 0.463 e. The van der Waals surface area contributed by atoms with E-state index < -0.39 is 5.91 Å². The second-order valence-electron chi connectivity index (χ2n) is 3.48. The van der Waals surface area contributed by atoms with Crippen LogP contribution in [0.3, 0.4) is 0 Å². The molecule has 0 fully saturated rings. The zero-order valence-electron chi connectivity index (χ0n) is 9.68. The number of hydrogen-bond donors (Lipinski definition) is 1. The lowest BCUT2D eigenvalue weighted by Gasteiger charge is -2.14. The fourth-order valence-corrected chi connectivity index (χ4v) is 1.21. The third kappa shape index (κ3) is 3.24. The number of nitrogens with zero attached hydrogens (tertiary/aromatic N) is 2. The number of hydrogen-bond acceptors (Lipinski definition) is 4. The molecule has 0 aromatic carbocycles. The lowest BCUT2D eigenvalue weighted by atomic mass is 10.2. The molecule has 1 aromatic heterocycles. The first-order valence-corrected chi connectivity index (χ1v) is 4.89. The lowest BCUT2D eigenvalue weighted by Crippen LogP contribution is -2.13. The van der Waals surface area contributed by atoms with Crippen LogP contribution in [-0.4, -0.2) is 24.9 Å². The number of furan rings is 1. The number of primary amides is 1. The van der Waals surface area contributed by atoms with Gasteiger partial charge in [-0.05, 0) is 24.3 Å². The summed E-state index contributed by atoms with van der Waals surface area (Å²) in [5, 5.41) is 8.69. The summed E-state index contributed by atoms with van der Waals surface area (Å²) in [5.74, 6) is -0.102. The molecule has 0 aliphatic carbocycles. The summed E-state index contributed by atoms with van der Waals surface area (Å²) in [6.45, 7) is 0. The number of carbonyl (C=O) groups is 1. The van der Waals surface area contributed by atoms with Crippen molar-refractivity contribution < 1.29 is 9.21 Å². The van der Waals surface area contributed by atoms with Crippen LogP contribution in [0, 0.1) is 11.3 Å². The van der Waals surface area contributed by atoms with Crippen molar-refractivity contribution in [1.82, 2.24) is 4.90 Å². The van der Waals surface area contributed by atoms with E-state index in [0.29, 0.717) is 5.76 Å². The van der Waals surface area contributed by atoms with E-state index in [1.54, 1.807) is 30.5 Å². The molecule has 1 amide bonds. The molecule has 0 atom stereocenters. The molecule has 1 rings (SSSR count). The highest BCUT2D eigenvalue weighted by Crippen LogP contribution is 2.17. The van der Waals surface area contributed by atoms with Crippen molar-refractivity contribution in [2.75, 3.05) is 14.1 Å². The molecule has 0 bridgehead atoms. The summed E-state index contributed by atoms with van der Waals surface area (Å²) < 4.78 is 5.25. The molecule has 0 aliphatic rings. The highest BCUT2D eigenvalue weighted by atomic mass is 16.3. The second kappa shape index (κ2) is 5.56. The van der Waals surface area contributed by atoms with Gasteiger partial charge < -0.3 is 15.1 Å². The van der Waals surface area contributed by atoms with E-state index in [2.05, 4.69) is 0 Å². The van der Waals surface area contributed by atoms with E-state index in [0.717, 1.165) is 5.70 Å². The van der Waals surface area contributed by atoms with Gasteiger partial charge in [0.25, 0.3) is 5.91 Å². The Morgan fingerprint density at radius 1 is 1.53 bits per heavy atom. The number of amides is 1. The minimum Gasteiger partial charge on any atom is -0.463 e. The summed E-state index contributed by atoms with van der Waals surface area (Å²) in [7, 11) is 3.66. The van der Waals surface area contributed by atoms with E-state index in [4.69, 9.17) is 15.4 Å². The quantitative estimate of drug-likeness (QED) is 0.478. The Morgan fingerprint density at radius 2 is 2.24 bits per heavy atom. The van der Waals surface area contributed by atoms with Crippen LogP contribution in [0.1, 0.15) is 5.76 Å². The van der Waals surface area contributed by atoms with Crippen LogP contribution in [0.25, 0.3) is 5.70 Å². The van der Waals surface area contributed by atoms with Crippen molar-refractivity contribution in [3.05, 3.63) is 41.9 Å². The molecule has 0 saturated carbocycles. The van der Waals surface area contributed by atoms with Gasteiger partial charge in [0, 0.05) is 14.1 Å². The predicted molar refractivity (Wildman–Crippen MR) is 63.3 cm³/mol. The Bertz CT molecular complexity index is 490. The van der Waals surface area contributed by atoms with Crippen LogP contribution in [0.4, 0.5) is 0 Å². The summed E-state index contributed by atoms with van der Waals surface area (Å²) >= 11 is 0. The topological polar surface area (TPSA) is 83.3 Å². The van der Waals surface area contributed by atoms with Crippen LogP contribution in [-0.2, 0) is 4.79 Å². The number of carbonyl (C=O) groups excluding carboxylic acids is 1.